The van der Waals surface area contributed by atoms with Crippen LogP contribution in [0.25, 0.3) is 22.2 Å². The molecule has 3 heteroatoms. The van der Waals surface area contributed by atoms with Gasteiger partial charge in [0.05, 0.1) is 5.69 Å². The molecule has 3 aromatic rings. The first-order valence-electron chi connectivity index (χ1n) is 6.35. The zero-order chi connectivity index (χ0) is 13.6. The first-order valence-corrected chi connectivity index (χ1v) is 6.35. The monoisotopic (exact) mass is 251 g/mol. The number of hydrogen-bond acceptors (Lipinski definition) is 2. The minimum Gasteiger partial charge on any atom is -0.397 e. The van der Waals surface area contributed by atoms with E-state index in [4.69, 9.17) is 5.73 Å². The Morgan fingerprint density at radius 3 is 2.68 bits per heavy atom. The molecule has 0 aliphatic carbocycles. The number of nitrogens with two attached hydrogens (primary N) is 1. The van der Waals surface area contributed by atoms with Crippen molar-refractivity contribution in [2.75, 3.05) is 5.73 Å². The Morgan fingerprint density at radius 1 is 1.16 bits per heavy atom. The third-order valence-electron chi connectivity index (χ3n) is 3.41. The van der Waals surface area contributed by atoms with Gasteiger partial charge in [0.25, 0.3) is 0 Å². The van der Waals surface area contributed by atoms with Crippen LogP contribution in [0.1, 0.15) is 11.3 Å². The molecular weight excluding hydrogens is 234 g/mol. The first-order chi connectivity index (χ1) is 9.06. The lowest BCUT2D eigenvalue weighted by Crippen LogP contribution is -1.92. The number of nitrogen functional groups attached to an aromatic ring is 1. The summed E-state index contributed by atoms with van der Waals surface area (Å²) in [7, 11) is 1.98. The molecular formula is C16H17N3. The number of hydrogen-bond donors (Lipinski definition) is 1. The highest BCUT2D eigenvalue weighted by Crippen LogP contribution is 2.33. The number of rotatable bonds is 1. The predicted molar refractivity (Wildman–Crippen MR) is 80.0 cm³/mol. The van der Waals surface area contributed by atoms with E-state index in [1.165, 1.54) is 11.1 Å². The second-order valence-corrected chi connectivity index (χ2v) is 5.07. The summed E-state index contributed by atoms with van der Waals surface area (Å²) >= 11 is 0. The topological polar surface area (TPSA) is 43.8 Å². The minimum absolute atomic E-state index is 0.779. The highest BCUT2D eigenvalue weighted by atomic mass is 15.0. The van der Waals surface area contributed by atoms with Crippen molar-refractivity contribution in [3.8, 4) is 11.1 Å². The fourth-order valence-electron chi connectivity index (χ4n) is 2.57. The molecule has 3 nitrogen and oxygen atoms in total. The third-order valence-corrected chi connectivity index (χ3v) is 3.41. The van der Waals surface area contributed by atoms with Gasteiger partial charge in [-0.2, -0.15) is 0 Å². The van der Waals surface area contributed by atoms with Gasteiger partial charge in [0, 0.05) is 24.3 Å². The van der Waals surface area contributed by atoms with Crippen LogP contribution in [-0.4, -0.2) is 9.55 Å². The van der Waals surface area contributed by atoms with Crippen LogP contribution in [0.5, 0.6) is 0 Å². The fourth-order valence-corrected chi connectivity index (χ4v) is 2.57. The molecule has 19 heavy (non-hydrogen) atoms. The Morgan fingerprint density at radius 2 is 1.95 bits per heavy atom. The molecule has 0 bridgehead atoms. The van der Waals surface area contributed by atoms with Crippen LogP contribution in [0.3, 0.4) is 0 Å². The van der Waals surface area contributed by atoms with Gasteiger partial charge in [0.15, 0.2) is 0 Å². The number of aryl methyl sites for hydroxylation is 3. The van der Waals surface area contributed by atoms with E-state index < -0.39 is 0 Å². The summed E-state index contributed by atoms with van der Waals surface area (Å²) in [6, 6.07) is 10.6. The van der Waals surface area contributed by atoms with Gasteiger partial charge in [-0.1, -0.05) is 29.8 Å². The largest absolute Gasteiger partial charge is 0.397 e. The van der Waals surface area contributed by atoms with E-state index in [2.05, 4.69) is 42.2 Å². The Hall–Kier alpha value is -2.29. The van der Waals surface area contributed by atoms with E-state index in [0.717, 1.165) is 28.0 Å². The van der Waals surface area contributed by atoms with Gasteiger partial charge in [-0.15, -0.1) is 0 Å². The van der Waals surface area contributed by atoms with Gasteiger partial charge in [-0.05, 0) is 31.0 Å². The molecule has 0 aliphatic heterocycles. The highest BCUT2D eigenvalue weighted by molar-refractivity contribution is 6.02. The average molecular weight is 251 g/mol. The van der Waals surface area contributed by atoms with E-state index in [-0.39, 0.29) is 0 Å². The summed E-state index contributed by atoms with van der Waals surface area (Å²) in [5.74, 6) is 0. The van der Waals surface area contributed by atoms with Crippen LogP contribution in [0.2, 0.25) is 0 Å². The number of anilines is 1. The van der Waals surface area contributed by atoms with Gasteiger partial charge in [0.1, 0.15) is 5.65 Å². The molecule has 2 aromatic heterocycles. The molecule has 0 spiro atoms. The summed E-state index contributed by atoms with van der Waals surface area (Å²) < 4.78 is 1.98. The highest BCUT2D eigenvalue weighted by Gasteiger charge is 2.12. The number of aromatic nitrogens is 2. The molecule has 0 saturated carbocycles. The van der Waals surface area contributed by atoms with Crippen molar-refractivity contribution in [1.29, 1.82) is 0 Å². The molecule has 96 valence electrons. The third kappa shape index (κ3) is 1.87. The Labute approximate surface area is 112 Å². The lowest BCUT2D eigenvalue weighted by Gasteiger charge is -2.07. The lowest BCUT2D eigenvalue weighted by atomic mass is 10.0. The van der Waals surface area contributed by atoms with E-state index >= 15 is 0 Å². The molecule has 2 heterocycles. The van der Waals surface area contributed by atoms with Crippen LogP contribution in [0.4, 0.5) is 5.69 Å². The van der Waals surface area contributed by atoms with Crippen LogP contribution in [-0.2, 0) is 7.05 Å². The van der Waals surface area contributed by atoms with Crippen molar-refractivity contribution in [2.24, 2.45) is 7.05 Å². The normalized spacial score (nSPS) is 11.1. The van der Waals surface area contributed by atoms with Crippen LogP contribution < -0.4 is 5.73 Å². The zero-order valence-corrected chi connectivity index (χ0v) is 11.4. The summed E-state index contributed by atoms with van der Waals surface area (Å²) in [4.78, 5) is 4.59. The molecule has 0 amide bonds. The molecule has 0 aliphatic rings. The summed E-state index contributed by atoms with van der Waals surface area (Å²) in [6.45, 7) is 4.12. The maximum atomic E-state index is 6.14. The molecule has 0 fully saturated rings. The van der Waals surface area contributed by atoms with Gasteiger partial charge < -0.3 is 10.3 Å². The Balaban J connectivity index is 2.40. The second kappa shape index (κ2) is 4.12. The molecule has 2 N–H and O–H groups in total. The predicted octanol–water partition coefficient (Wildman–Crippen LogP) is 3.44. The zero-order valence-electron chi connectivity index (χ0n) is 11.4. The van der Waals surface area contributed by atoms with Crippen LogP contribution in [0.15, 0.2) is 36.5 Å². The average Bonchev–Trinajstić information content (AvgIpc) is 2.64. The van der Waals surface area contributed by atoms with Crippen molar-refractivity contribution in [3.63, 3.8) is 0 Å². The summed E-state index contributed by atoms with van der Waals surface area (Å²) in [5, 5.41) is 1.04. The lowest BCUT2D eigenvalue weighted by molar-refractivity contribution is 0.944. The smallest absolute Gasteiger partial charge is 0.142 e. The summed E-state index contributed by atoms with van der Waals surface area (Å²) in [6.07, 6.45) is 1.93. The number of benzene rings is 1. The van der Waals surface area contributed by atoms with E-state index in [1.807, 2.05) is 24.7 Å². The van der Waals surface area contributed by atoms with Crippen molar-refractivity contribution in [3.05, 3.63) is 47.8 Å². The van der Waals surface area contributed by atoms with Crippen LogP contribution in [0, 0.1) is 13.8 Å². The number of fused-ring (bicyclic) bond motifs is 1. The minimum atomic E-state index is 0.779. The maximum absolute atomic E-state index is 6.14. The van der Waals surface area contributed by atoms with Crippen molar-refractivity contribution < 1.29 is 0 Å². The molecule has 1 aromatic carbocycles. The van der Waals surface area contributed by atoms with Gasteiger partial charge in [-0.3, -0.25) is 0 Å². The number of nitrogens with zero attached hydrogens (tertiary/aromatic N) is 2. The Kier molecular flexibility index (Phi) is 2.56. The van der Waals surface area contributed by atoms with Gasteiger partial charge >= 0.3 is 0 Å². The van der Waals surface area contributed by atoms with E-state index in [0.29, 0.717) is 0 Å². The van der Waals surface area contributed by atoms with E-state index in [1.54, 1.807) is 0 Å². The molecule has 0 saturated heterocycles. The Bertz CT molecular complexity index is 769. The van der Waals surface area contributed by atoms with Crippen molar-refractivity contribution in [1.82, 2.24) is 9.55 Å². The fraction of sp³-hybridized carbons (Fsp3) is 0.188. The molecule has 0 atom stereocenters. The number of pyridine rings is 1. The van der Waals surface area contributed by atoms with Gasteiger partial charge in [-0.25, -0.2) is 4.98 Å². The standard InChI is InChI=1S/C16H17N3/c1-10-5-4-6-12(7-10)13-8-11(2)18-16-15(13)14(17)9-19(16)3/h4-9H,17H2,1-3H3. The van der Waals surface area contributed by atoms with Crippen molar-refractivity contribution in [2.45, 2.75) is 13.8 Å². The SMILES string of the molecule is Cc1cccc(-c2cc(C)nc3c2c(N)cn3C)c1. The van der Waals surface area contributed by atoms with E-state index in [9.17, 15) is 0 Å². The molecule has 0 radical (unpaired) electrons. The quantitative estimate of drug-likeness (QED) is 0.720. The second-order valence-electron chi connectivity index (χ2n) is 5.07. The van der Waals surface area contributed by atoms with Gasteiger partial charge in [0.2, 0.25) is 0 Å². The first kappa shape index (κ1) is 11.8. The molecule has 0 unspecified atom stereocenters. The summed E-state index contributed by atoms with van der Waals surface area (Å²) in [5.41, 5.74) is 12.5. The maximum Gasteiger partial charge on any atom is 0.142 e. The van der Waals surface area contributed by atoms with Crippen molar-refractivity contribution >= 4 is 16.7 Å². The van der Waals surface area contributed by atoms with Crippen LogP contribution >= 0.6 is 0 Å². The molecule has 3 rings (SSSR count).